The first-order valence-electron chi connectivity index (χ1n) is 7.85. The van der Waals surface area contributed by atoms with E-state index in [0.29, 0.717) is 29.4 Å². The third-order valence-corrected chi connectivity index (χ3v) is 4.28. The second-order valence-electron chi connectivity index (χ2n) is 5.57. The Kier molecular flexibility index (Phi) is 4.65. The summed E-state index contributed by atoms with van der Waals surface area (Å²) in [6.45, 7) is 0. The fourth-order valence-electron chi connectivity index (χ4n) is 3.12. The number of hydrogen-bond donors (Lipinski definition) is 0. The second-order valence-corrected chi connectivity index (χ2v) is 5.57. The van der Waals surface area contributed by atoms with E-state index in [1.807, 2.05) is 18.2 Å². The van der Waals surface area contributed by atoms with Gasteiger partial charge in [0.25, 0.3) is 0 Å². The Balaban J connectivity index is 2.42. The molecule has 3 rings (SSSR count). The Labute approximate surface area is 146 Å². The largest absolute Gasteiger partial charge is 0.493 e. The van der Waals surface area contributed by atoms with E-state index in [4.69, 9.17) is 18.9 Å². The van der Waals surface area contributed by atoms with Gasteiger partial charge in [-0.15, -0.1) is 0 Å². The summed E-state index contributed by atoms with van der Waals surface area (Å²) in [5.41, 5.74) is 3.51. The summed E-state index contributed by atoms with van der Waals surface area (Å²) in [5.74, 6) is 2.00. The van der Waals surface area contributed by atoms with Crippen LogP contribution in [0.2, 0.25) is 0 Å². The van der Waals surface area contributed by atoms with Crippen LogP contribution in [0.3, 0.4) is 0 Å². The van der Waals surface area contributed by atoms with Crippen molar-refractivity contribution in [2.75, 3.05) is 28.4 Å². The molecule has 0 saturated heterocycles. The minimum atomic E-state index is -0.166. The molecule has 0 saturated carbocycles. The molecule has 0 bridgehead atoms. The first-order valence-corrected chi connectivity index (χ1v) is 7.85. The van der Waals surface area contributed by atoms with Gasteiger partial charge in [0.2, 0.25) is 11.2 Å². The van der Waals surface area contributed by atoms with Gasteiger partial charge in [0.15, 0.2) is 17.2 Å². The van der Waals surface area contributed by atoms with E-state index in [2.05, 4.69) is 0 Å². The average Bonchev–Trinajstić information content (AvgIpc) is 2.90. The van der Waals surface area contributed by atoms with Crippen LogP contribution in [0, 0.1) is 0 Å². The minimum absolute atomic E-state index is 0.166. The highest BCUT2D eigenvalue weighted by Crippen LogP contribution is 2.48. The van der Waals surface area contributed by atoms with Crippen molar-refractivity contribution in [3.8, 4) is 34.1 Å². The number of methoxy groups -OCH3 is 4. The van der Waals surface area contributed by atoms with E-state index in [1.54, 1.807) is 33.5 Å². The Morgan fingerprint density at radius 1 is 0.840 bits per heavy atom. The Morgan fingerprint density at radius 3 is 2.20 bits per heavy atom. The molecular formula is C20H20O5. The minimum Gasteiger partial charge on any atom is -0.493 e. The van der Waals surface area contributed by atoms with Gasteiger partial charge < -0.3 is 18.9 Å². The van der Waals surface area contributed by atoms with E-state index in [9.17, 15) is 4.79 Å². The van der Waals surface area contributed by atoms with Crippen LogP contribution in [0.1, 0.15) is 11.1 Å². The van der Waals surface area contributed by atoms with Gasteiger partial charge in [0, 0.05) is 5.56 Å². The van der Waals surface area contributed by atoms with Crippen LogP contribution < -0.4 is 24.4 Å². The molecule has 130 valence electrons. The van der Waals surface area contributed by atoms with E-state index in [1.165, 1.54) is 13.2 Å². The molecule has 2 aromatic rings. The number of allylic oxidation sites excluding steroid dienone is 1. The van der Waals surface area contributed by atoms with Gasteiger partial charge >= 0.3 is 0 Å². The molecule has 0 amide bonds. The summed E-state index contributed by atoms with van der Waals surface area (Å²) in [5, 5.41) is 0. The Morgan fingerprint density at radius 2 is 1.56 bits per heavy atom. The molecule has 25 heavy (non-hydrogen) atoms. The standard InChI is InChI=1S/C20H20O5/c1-22-16-10-12-6-5-7-13-11-17(23-2)19(24-3)20(25-4)18(13)14(12)8-9-15(16)21/h5,7-11H,6H2,1-4H3. The van der Waals surface area contributed by atoms with Crippen molar-refractivity contribution in [1.82, 2.24) is 0 Å². The molecular weight excluding hydrogens is 320 g/mol. The summed E-state index contributed by atoms with van der Waals surface area (Å²) in [6.07, 6.45) is 4.73. The van der Waals surface area contributed by atoms with Crippen molar-refractivity contribution >= 4 is 6.08 Å². The quantitative estimate of drug-likeness (QED) is 0.855. The molecule has 2 aromatic carbocycles. The van der Waals surface area contributed by atoms with Crippen LogP contribution in [0.25, 0.3) is 17.2 Å². The van der Waals surface area contributed by atoms with Crippen molar-refractivity contribution in [3.05, 3.63) is 51.7 Å². The van der Waals surface area contributed by atoms with Crippen LogP contribution >= 0.6 is 0 Å². The van der Waals surface area contributed by atoms with Crippen molar-refractivity contribution in [1.29, 1.82) is 0 Å². The highest BCUT2D eigenvalue weighted by molar-refractivity contribution is 5.87. The predicted molar refractivity (Wildman–Crippen MR) is 97.1 cm³/mol. The van der Waals surface area contributed by atoms with Crippen molar-refractivity contribution in [2.24, 2.45) is 0 Å². The number of ether oxygens (including phenoxy) is 4. The highest BCUT2D eigenvalue weighted by atomic mass is 16.5. The van der Waals surface area contributed by atoms with Crippen molar-refractivity contribution in [3.63, 3.8) is 0 Å². The third kappa shape index (κ3) is 2.82. The lowest BCUT2D eigenvalue weighted by Gasteiger charge is -2.18. The molecule has 0 radical (unpaired) electrons. The predicted octanol–water partition coefficient (Wildman–Crippen LogP) is 3.32. The molecule has 0 spiro atoms. The first kappa shape index (κ1) is 16.9. The fraction of sp³-hybridized carbons (Fsp3) is 0.250. The Hall–Kier alpha value is -2.95. The van der Waals surface area contributed by atoms with Crippen LogP contribution in [0.4, 0.5) is 0 Å². The SMILES string of the molecule is COc1cc2c(c(OC)c1OC)-c1ccc(=O)c(OC)cc1CC=C2. The molecule has 1 aliphatic carbocycles. The van der Waals surface area contributed by atoms with Gasteiger partial charge in [-0.3, -0.25) is 4.79 Å². The topological polar surface area (TPSA) is 54.0 Å². The molecule has 1 aliphatic rings. The summed E-state index contributed by atoms with van der Waals surface area (Å²) in [6, 6.07) is 7.02. The lowest BCUT2D eigenvalue weighted by molar-refractivity contribution is 0.325. The van der Waals surface area contributed by atoms with Crippen LogP contribution in [0.15, 0.2) is 35.1 Å². The summed E-state index contributed by atoms with van der Waals surface area (Å²) < 4.78 is 21.8. The summed E-state index contributed by atoms with van der Waals surface area (Å²) >= 11 is 0. The zero-order valence-electron chi connectivity index (χ0n) is 14.7. The highest BCUT2D eigenvalue weighted by Gasteiger charge is 2.23. The third-order valence-electron chi connectivity index (χ3n) is 4.28. The van der Waals surface area contributed by atoms with Crippen molar-refractivity contribution in [2.45, 2.75) is 6.42 Å². The molecule has 0 fully saturated rings. The number of fused-ring (bicyclic) bond motifs is 3. The second kappa shape index (κ2) is 6.89. The fourth-order valence-corrected chi connectivity index (χ4v) is 3.12. The first-order chi connectivity index (χ1) is 12.1. The van der Waals surface area contributed by atoms with Gasteiger partial charge in [-0.1, -0.05) is 12.2 Å². The molecule has 0 unspecified atom stereocenters. The van der Waals surface area contributed by atoms with E-state index in [-0.39, 0.29) is 5.43 Å². The van der Waals surface area contributed by atoms with E-state index < -0.39 is 0 Å². The maximum absolute atomic E-state index is 12.2. The number of rotatable bonds is 4. The summed E-state index contributed by atoms with van der Waals surface area (Å²) in [4.78, 5) is 12.2. The van der Waals surface area contributed by atoms with E-state index in [0.717, 1.165) is 22.3 Å². The molecule has 0 aromatic heterocycles. The zero-order chi connectivity index (χ0) is 18.0. The molecule has 5 nitrogen and oxygen atoms in total. The van der Waals surface area contributed by atoms with Crippen LogP contribution in [-0.2, 0) is 6.42 Å². The van der Waals surface area contributed by atoms with Gasteiger partial charge in [0.1, 0.15) is 0 Å². The zero-order valence-corrected chi connectivity index (χ0v) is 14.7. The van der Waals surface area contributed by atoms with Gasteiger partial charge in [0.05, 0.1) is 28.4 Å². The lowest BCUT2D eigenvalue weighted by Crippen LogP contribution is -1.99. The normalized spacial score (nSPS) is 11.8. The van der Waals surface area contributed by atoms with Crippen LogP contribution in [0.5, 0.6) is 23.0 Å². The molecule has 0 atom stereocenters. The van der Waals surface area contributed by atoms with Crippen LogP contribution in [-0.4, -0.2) is 28.4 Å². The number of hydrogen-bond acceptors (Lipinski definition) is 5. The maximum atomic E-state index is 12.2. The van der Waals surface area contributed by atoms with Gasteiger partial charge in [-0.05, 0) is 47.4 Å². The summed E-state index contributed by atoms with van der Waals surface area (Å²) in [7, 11) is 6.25. The van der Waals surface area contributed by atoms with Gasteiger partial charge in [-0.2, -0.15) is 0 Å². The smallest absolute Gasteiger partial charge is 0.220 e. The van der Waals surface area contributed by atoms with E-state index >= 15 is 0 Å². The maximum Gasteiger partial charge on any atom is 0.220 e. The Bertz CT molecular complexity index is 899. The monoisotopic (exact) mass is 340 g/mol. The molecule has 5 heteroatoms. The molecule has 0 aliphatic heterocycles. The van der Waals surface area contributed by atoms with Crippen molar-refractivity contribution < 1.29 is 18.9 Å². The average molecular weight is 340 g/mol. The molecule has 0 heterocycles. The molecule has 0 N–H and O–H groups in total. The number of benzene rings is 1. The van der Waals surface area contributed by atoms with Gasteiger partial charge in [-0.25, -0.2) is 0 Å². The lowest BCUT2D eigenvalue weighted by atomic mass is 9.96.